The van der Waals surface area contributed by atoms with Gasteiger partial charge in [0, 0.05) is 6.42 Å². The molecule has 0 bridgehead atoms. The third-order valence-corrected chi connectivity index (χ3v) is 6.53. The zero-order chi connectivity index (χ0) is 12.3. The van der Waals surface area contributed by atoms with Crippen molar-refractivity contribution in [2.24, 2.45) is 0 Å². The van der Waals surface area contributed by atoms with Crippen LogP contribution in [0.1, 0.15) is 13.3 Å². The van der Waals surface area contributed by atoms with Gasteiger partial charge in [-0.15, -0.1) is 0 Å². The maximum atomic E-state index is 11.3. The second kappa shape index (κ2) is 7.44. The second-order valence-corrected chi connectivity index (χ2v) is 8.60. The number of carbonyl (C=O) groups excluding carboxylic acids is 1. The van der Waals surface area contributed by atoms with E-state index in [0.717, 1.165) is 0 Å². The number of hydrogen-bond acceptors (Lipinski definition) is 6. The van der Waals surface area contributed by atoms with Gasteiger partial charge in [-0.05, 0) is 0 Å². The predicted molar refractivity (Wildman–Crippen MR) is 55.5 cm³/mol. The summed E-state index contributed by atoms with van der Waals surface area (Å²) in [6.07, 6.45) is -0.320. The molecule has 0 rings (SSSR count). The molecule has 0 aliphatic heterocycles. The Balaban J connectivity index is 0. The topological polar surface area (TPSA) is 147 Å². The first-order valence-electron chi connectivity index (χ1n) is 3.43. The van der Waals surface area contributed by atoms with E-state index >= 15 is 0 Å². The summed E-state index contributed by atoms with van der Waals surface area (Å²) in [5.41, 5.74) is 0. The van der Waals surface area contributed by atoms with Gasteiger partial charge in [-0.25, -0.2) is 13.4 Å². The van der Waals surface area contributed by atoms with Gasteiger partial charge in [0.15, 0.2) is 0 Å². The molecular formula is C3H10NaO9P3. The number of rotatable bonds is 5. The first-order valence-corrected chi connectivity index (χ1v) is 8.56. The fraction of sp³-hybridized carbons (Fsp3) is 0.667. The van der Waals surface area contributed by atoms with Crippen molar-refractivity contribution in [1.82, 2.24) is 0 Å². The monoisotopic (exact) mass is 306 g/mol. The molecule has 2 unspecified atom stereocenters. The van der Waals surface area contributed by atoms with Crippen LogP contribution < -0.4 is 0 Å². The van der Waals surface area contributed by atoms with Crippen LogP contribution in [0, 0.1) is 0 Å². The summed E-state index contributed by atoms with van der Waals surface area (Å²) >= 11 is 0. The van der Waals surface area contributed by atoms with Crippen LogP contribution in [-0.4, -0.2) is 50.2 Å². The molecular weight excluding hydrogens is 296 g/mol. The summed E-state index contributed by atoms with van der Waals surface area (Å²) in [4.78, 5) is 36.0. The maximum absolute atomic E-state index is 11.3. The van der Waals surface area contributed by atoms with Gasteiger partial charge >= 0.3 is 58.4 Å². The first-order chi connectivity index (χ1) is 6.62. The van der Waals surface area contributed by atoms with E-state index in [4.69, 9.17) is 14.7 Å². The van der Waals surface area contributed by atoms with Gasteiger partial charge in [-0.3, -0.25) is 9.36 Å². The third-order valence-electron chi connectivity index (χ3n) is 1.02. The van der Waals surface area contributed by atoms with Crippen LogP contribution in [0.5, 0.6) is 0 Å². The van der Waals surface area contributed by atoms with Crippen molar-refractivity contribution in [3.05, 3.63) is 0 Å². The van der Waals surface area contributed by atoms with Gasteiger partial charge < -0.3 is 19.2 Å². The van der Waals surface area contributed by atoms with Crippen molar-refractivity contribution in [2.45, 2.75) is 13.3 Å². The third kappa shape index (κ3) is 6.07. The van der Waals surface area contributed by atoms with E-state index in [9.17, 15) is 18.5 Å². The minimum absolute atomic E-state index is 0. The fourth-order valence-corrected chi connectivity index (χ4v) is 4.45. The average molecular weight is 306 g/mol. The van der Waals surface area contributed by atoms with Crippen LogP contribution >= 0.6 is 22.8 Å². The van der Waals surface area contributed by atoms with Crippen molar-refractivity contribution in [3.8, 4) is 0 Å². The Hall–Kier alpha value is 1.000. The van der Waals surface area contributed by atoms with Crippen molar-refractivity contribution in [1.29, 1.82) is 0 Å². The molecule has 0 aromatic heterocycles. The van der Waals surface area contributed by atoms with Crippen molar-refractivity contribution in [3.63, 3.8) is 0 Å². The van der Waals surface area contributed by atoms with Gasteiger partial charge in [-0.1, -0.05) is 6.92 Å². The Morgan fingerprint density at radius 2 is 1.81 bits per heavy atom. The molecule has 0 radical (unpaired) electrons. The Labute approximate surface area is 113 Å². The Morgan fingerprint density at radius 1 is 1.38 bits per heavy atom. The summed E-state index contributed by atoms with van der Waals surface area (Å²) in [6.45, 7) is 1.27. The van der Waals surface area contributed by atoms with Crippen LogP contribution in [0.3, 0.4) is 0 Å². The quantitative estimate of drug-likeness (QED) is 0.470. The first kappa shape index (κ1) is 19.3. The van der Waals surface area contributed by atoms with Gasteiger partial charge in [0.05, 0.1) is 0 Å². The second-order valence-electron chi connectivity index (χ2n) is 2.16. The molecule has 0 aliphatic carbocycles. The van der Waals surface area contributed by atoms with E-state index in [0.29, 0.717) is 0 Å². The molecule has 2 atom stereocenters. The normalized spacial score (nSPS) is 16.8. The molecule has 3 N–H and O–H groups in total. The van der Waals surface area contributed by atoms with Crippen LogP contribution in [0.2, 0.25) is 0 Å². The SMILES string of the molecule is CCC(=O)OP(=O)(O[PH](=O)O)P(=O)(O)O.[NaH]. The minimum atomic E-state index is -5.45. The van der Waals surface area contributed by atoms with Crippen LogP contribution in [0.15, 0.2) is 0 Å². The Bertz CT molecular complexity index is 359. The molecule has 16 heavy (non-hydrogen) atoms. The molecule has 0 amide bonds. The fourth-order valence-electron chi connectivity index (χ4n) is 0.417. The molecule has 92 valence electrons. The number of carbonyl (C=O) groups is 1. The molecule has 0 aliphatic rings. The Morgan fingerprint density at radius 3 is 2.06 bits per heavy atom. The van der Waals surface area contributed by atoms with E-state index < -0.39 is 28.8 Å². The molecule has 0 aromatic rings. The van der Waals surface area contributed by atoms with Gasteiger partial charge in [-0.2, -0.15) is 0 Å². The van der Waals surface area contributed by atoms with Crippen LogP contribution in [0.25, 0.3) is 0 Å². The molecule has 0 saturated carbocycles. The summed E-state index contributed by atoms with van der Waals surface area (Å²) in [7, 11) is -14.6. The molecule has 0 fully saturated rings. The molecule has 13 heteroatoms. The van der Waals surface area contributed by atoms with Crippen molar-refractivity contribution in [2.75, 3.05) is 0 Å². The van der Waals surface area contributed by atoms with E-state index in [1.807, 2.05) is 0 Å². The van der Waals surface area contributed by atoms with Gasteiger partial charge in [0.25, 0.3) is 0 Å². The van der Waals surface area contributed by atoms with E-state index in [1.54, 1.807) is 0 Å². The summed E-state index contributed by atoms with van der Waals surface area (Å²) < 4.78 is 39.6. The zero-order valence-corrected chi connectivity index (χ0v) is 10.2. The van der Waals surface area contributed by atoms with Crippen LogP contribution in [0.4, 0.5) is 0 Å². The van der Waals surface area contributed by atoms with E-state index in [1.165, 1.54) is 6.92 Å². The standard InChI is InChI=1S/C3H9O9P3.Na.H/c1-2-3(4)11-15(10,12-13(5)6)14(7,8)9;;/h13H,2H2,1H3,(H,5,6)(H2,7,8,9);;. The summed E-state index contributed by atoms with van der Waals surface area (Å²) in [5.74, 6) is -1.22. The average Bonchev–Trinajstić information content (AvgIpc) is 2.00. The van der Waals surface area contributed by atoms with Crippen molar-refractivity contribution < 1.29 is 42.0 Å². The molecule has 0 aromatic carbocycles. The predicted octanol–water partition coefficient (Wildman–Crippen LogP) is -0.0245. The summed E-state index contributed by atoms with van der Waals surface area (Å²) in [6, 6.07) is 0. The molecule has 0 heterocycles. The van der Waals surface area contributed by atoms with E-state index in [2.05, 4.69) is 8.83 Å². The molecule has 0 spiro atoms. The molecule has 0 saturated heterocycles. The zero-order valence-electron chi connectivity index (χ0n) is 7.39. The van der Waals surface area contributed by atoms with Crippen molar-refractivity contribution >= 4 is 58.4 Å². The number of hydrogen-bond donors (Lipinski definition) is 3. The van der Waals surface area contributed by atoms with Gasteiger partial charge in [0.2, 0.25) is 0 Å². The van der Waals surface area contributed by atoms with Gasteiger partial charge in [0.1, 0.15) is 0 Å². The Kier molecular flexibility index (Phi) is 8.99. The summed E-state index contributed by atoms with van der Waals surface area (Å²) in [5, 5.41) is 0. The van der Waals surface area contributed by atoms with E-state index in [-0.39, 0.29) is 36.0 Å². The molecule has 9 nitrogen and oxygen atoms in total. The van der Waals surface area contributed by atoms with Crippen LogP contribution in [-0.2, 0) is 27.3 Å².